The summed E-state index contributed by atoms with van der Waals surface area (Å²) in [7, 11) is 1.71. The van der Waals surface area contributed by atoms with Crippen molar-refractivity contribution in [1.29, 1.82) is 0 Å². The first kappa shape index (κ1) is 14.1. The number of aryl methyl sites for hydroxylation is 1. The van der Waals surface area contributed by atoms with Gasteiger partial charge in [0.25, 0.3) is 0 Å². The first-order chi connectivity index (χ1) is 9.19. The molecule has 3 heteroatoms. The molecule has 0 atom stereocenters. The molecule has 0 unspecified atom stereocenters. The zero-order valence-electron chi connectivity index (χ0n) is 11.5. The Labute approximate surface area is 114 Å². The Morgan fingerprint density at radius 1 is 1.26 bits per heavy atom. The molecule has 1 N–H and O–H groups in total. The summed E-state index contributed by atoms with van der Waals surface area (Å²) in [6.45, 7) is 0.765. The lowest BCUT2D eigenvalue weighted by Gasteiger charge is -2.24. The van der Waals surface area contributed by atoms with Crippen LogP contribution in [0.4, 0.5) is 0 Å². The van der Waals surface area contributed by atoms with Gasteiger partial charge >= 0.3 is 5.97 Å². The smallest absolute Gasteiger partial charge is 0.314 e. The van der Waals surface area contributed by atoms with Gasteiger partial charge in [-0.25, -0.2) is 0 Å². The van der Waals surface area contributed by atoms with Gasteiger partial charge in [-0.3, -0.25) is 4.79 Å². The lowest BCUT2D eigenvalue weighted by molar-refractivity contribution is -0.143. The van der Waals surface area contributed by atoms with E-state index in [2.05, 4.69) is 12.1 Å². The maximum absolute atomic E-state index is 11.6. The molecule has 0 aliphatic heterocycles. The van der Waals surface area contributed by atoms with Gasteiger partial charge in [-0.1, -0.05) is 37.1 Å². The quantitative estimate of drug-likeness (QED) is 0.801. The molecule has 1 fully saturated rings. The van der Waals surface area contributed by atoms with Gasteiger partial charge in [-0.05, 0) is 36.8 Å². The van der Waals surface area contributed by atoms with Crippen molar-refractivity contribution in [2.45, 2.75) is 43.9 Å². The van der Waals surface area contributed by atoms with E-state index in [0.29, 0.717) is 0 Å². The van der Waals surface area contributed by atoms with Gasteiger partial charge in [0.15, 0.2) is 0 Å². The molecule has 0 spiro atoms. The van der Waals surface area contributed by atoms with Gasteiger partial charge in [-0.2, -0.15) is 0 Å². The molecule has 19 heavy (non-hydrogen) atoms. The van der Waals surface area contributed by atoms with E-state index >= 15 is 0 Å². The number of carboxylic acid groups (broad SMARTS) is 1. The maximum atomic E-state index is 11.6. The molecule has 1 aromatic rings. The highest BCUT2D eigenvalue weighted by atomic mass is 16.5. The van der Waals surface area contributed by atoms with Crippen LogP contribution in [0.2, 0.25) is 0 Å². The number of ether oxygens (including phenoxy) is 1. The number of benzene rings is 1. The lowest BCUT2D eigenvalue weighted by atomic mass is 9.78. The Kier molecular flexibility index (Phi) is 4.59. The molecule has 2 rings (SSSR count). The number of aliphatic carboxylic acids is 1. The Morgan fingerprint density at radius 2 is 1.89 bits per heavy atom. The van der Waals surface area contributed by atoms with Crippen LogP contribution in [0.5, 0.6) is 0 Å². The fraction of sp³-hybridized carbons (Fsp3) is 0.562. The van der Waals surface area contributed by atoms with Crippen LogP contribution in [0.1, 0.15) is 43.2 Å². The number of hydrogen-bond acceptors (Lipinski definition) is 2. The van der Waals surface area contributed by atoms with E-state index in [1.807, 2.05) is 12.1 Å². The van der Waals surface area contributed by atoms with E-state index in [0.717, 1.165) is 50.7 Å². The van der Waals surface area contributed by atoms with E-state index in [1.165, 1.54) is 5.56 Å². The first-order valence-corrected chi connectivity index (χ1v) is 7.01. The van der Waals surface area contributed by atoms with Gasteiger partial charge in [0, 0.05) is 13.7 Å². The number of hydrogen-bond donors (Lipinski definition) is 1. The molecule has 1 aliphatic rings. The van der Waals surface area contributed by atoms with Crippen LogP contribution in [0.3, 0.4) is 0 Å². The molecular formula is C16H22O3. The van der Waals surface area contributed by atoms with E-state index in [1.54, 1.807) is 7.11 Å². The van der Waals surface area contributed by atoms with Crippen molar-refractivity contribution in [2.24, 2.45) is 0 Å². The molecule has 0 saturated heterocycles. The minimum absolute atomic E-state index is 0.634. The predicted octanol–water partition coefficient (Wildman–Crippen LogP) is 3.16. The summed E-state index contributed by atoms with van der Waals surface area (Å²) >= 11 is 0. The van der Waals surface area contributed by atoms with Gasteiger partial charge in [-0.15, -0.1) is 0 Å². The van der Waals surface area contributed by atoms with Gasteiger partial charge in [0.2, 0.25) is 0 Å². The number of rotatable bonds is 6. The van der Waals surface area contributed by atoms with Crippen LogP contribution in [0, 0.1) is 0 Å². The normalized spacial score (nSPS) is 17.5. The standard InChI is InChI=1S/C16H22O3/c1-19-12-4-5-13-6-8-14(9-7-13)16(15(17)18)10-2-3-11-16/h6-9H,2-5,10-12H2,1H3,(H,17,18). The van der Waals surface area contributed by atoms with Crippen molar-refractivity contribution >= 4 is 5.97 Å². The molecule has 3 nitrogen and oxygen atoms in total. The Balaban J connectivity index is 2.10. The molecule has 0 amide bonds. The lowest BCUT2D eigenvalue weighted by Crippen LogP contribution is -2.32. The third kappa shape index (κ3) is 2.98. The van der Waals surface area contributed by atoms with Crippen LogP contribution < -0.4 is 0 Å². The highest BCUT2D eigenvalue weighted by molar-refractivity contribution is 5.81. The van der Waals surface area contributed by atoms with E-state index in [9.17, 15) is 9.90 Å². The minimum atomic E-state index is -0.669. The van der Waals surface area contributed by atoms with Crippen LogP contribution in [0.25, 0.3) is 0 Å². The predicted molar refractivity (Wildman–Crippen MR) is 74.4 cm³/mol. The van der Waals surface area contributed by atoms with Gasteiger partial charge < -0.3 is 9.84 Å². The van der Waals surface area contributed by atoms with Crippen LogP contribution in [0.15, 0.2) is 24.3 Å². The Hall–Kier alpha value is -1.35. The fourth-order valence-corrected chi connectivity index (χ4v) is 3.02. The second-order valence-electron chi connectivity index (χ2n) is 5.39. The zero-order valence-corrected chi connectivity index (χ0v) is 11.5. The minimum Gasteiger partial charge on any atom is -0.481 e. The summed E-state index contributed by atoms with van der Waals surface area (Å²) in [5.74, 6) is -0.669. The summed E-state index contributed by atoms with van der Waals surface area (Å²) < 4.78 is 5.04. The Morgan fingerprint density at radius 3 is 2.42 bits per heavy atom. The molecular weight excluding hydrogens is 240 g/mol. The fourth-order valence-electron chi connectivity index (χ4n) is 3.02. The van der Waals surface area contributed by atoms with E-state index in [-0.39, 0.29) is 0 Å². The van der Waals surface area contributed by atoms with Crippen molar-refractivity contribution in [3.8, 4) is 0 Å². The molecule has 0 aromatic heterocycles. The average molecular weight is 262 g/mol. The second-order valence-corrected chi connectivity index (χ2v) is 5.39. The highest BCUT2D eigenvalue weighted by Crippen LogP contribution is 2.41. The summed E-state index contributed by atoms with van der Waals surface area (Å²) in [5.41, 5.74) is 1.58. The SMILES string of the molecule is COCCCc1ccc(C2(C(=O)O)CCCC2)cc1. The molecule has 1 saturated carbocycles. The Bertz CT molecular complexity index is 416. The molecule has 0 bridgehead atoms. The van der Waals surface area contributed by atoms with Crippen molar-refractivity contribution in [2.75, 3.05) is 13.7 Å². The summed E-state index contributed by atoms with van der Waals surface area (Å²) in [4.78, 5) is 11.6. The van der Waals surface area contributed by atoms with Crippen LogP contribution >= 0.6 is 0 Å². The van der Waals surface area contributed by atoms with Crippen molar-refractivity contribution < 1.29 is 14.6 Å². The number of methoxy groups -OCH3 is 1. The molecule has 104 valence electrons. The number of carboxylic acids is 1. The first-order valence-electron chi connectivity index (χ1n) is 7.01. The van der Waals surface area contributed by atoms with E-state index in [4.69, 9.17) is 4.74 Å². The third-order valence-electron chi connectivity index (χ3n) is 4.19. The third-order valence-corrected chi connectivity index (χ3v) is 4.19. The number of carbonyl (C=O) groups is 1. The second kappa shape index (κ2) is 6.20. The molecule has 1 aromatic carbocycles. The van der Waals surface area contributed by atoms with Gasteiger partial charge in [0.1, 0.15) is 0 Å². The monoisotopic (exact) mass is 262 g/mol. The summed E-state index contributed by atoms with van der Waals surface area (Å²) in [6, 6.07) is 8.13. The van der Waals surface area contributed by atoms with Crippen molar-refractivity contribution in [3.63, 3.8) is 0 Å². The van der Waals surface area contributed by atoms with Gasteiger partial charge in [0.05, 0.1) is 5.41 Å². The topological polar surface area (TPSA) is 46.5 Å². The molecule has 0 heterocycles. The van der Waals surface area contributed by atoms with Crippen LogP contribution in [-0.4, -0.2) is 24.8 Å². The molecule has 0 radical (unpaired) electrons. The summed E-state index contributed by atoms with van der Waals surface area (Å²) in [6.07, 6.45) is 5.55. The summed E-state index contributed by atoms with van der Waals surface area (Å²) in [5, 5.41) is 9.54. The average Bonchev–Trinajstić information content (AvgIpc) is 2.90. The largest absolute Gasteiger partial charge is 0.481 e. The maximum Gasteiger partial charge on any atom is 0.314 e. The van der Waals surface area contributed by atoms with Crippen molar-refractivity contribution in [3.05, 3.63) is 35.4 Å². The van der Waals surface area contributed by atoms with E-state index < -0.39 is 11.4 Å². The molecule has 1 aliphatic carbocycles. The van der Waals surface area contributed by atoms with Crippen molar-refractivity contribution in [1.82, 2.24) is 0 Å². The zero-order chi connectivity index (χ0) is 13.7. The highest BCUT2D eigenvalue weighted by Gasteiger charge is 2.42. The van der Waals surface area contributed by atoms with Crippen LogP contribution in [-0.2, 0) is 21.4 Å².